The quantitative estimate of drug-likeness (QED) is 0.0780. The van der Waals surface area contributed by atoms with Gasteiger partial charge in [-0.25, -0.2) is 4.79 Å². The number of nitro benzene ring substituents is 1. The van der Waals surface area contributed by atoms with E-state index in [1.165, 1.54) is 36.0 Å². The highest BCUT2D eigenvalue weighted by Gasteiger charge is 2.61. The van der Waals surface area contributed by atoms with Crippen molar-refractivity contribution >= 4 is 43.6 Å². The largest absolute Gasteiger partial charge is 0.456 e. The van der Waals surface area contributed by atoms with Gasteiger partial charge in [0.25, 0.3) is 11.6 Å². The summed E-state index contributed by atoms with van der Waals surface area (Å²) in [5.41, 5.74) is 1.22. The molecule has 46 heavy (non-hydrogen) atoms. The Bertz CT molecular complexity index is 1530. The van der Waals surface area contributed by atoms with Crippen molar-refractivity contribution in [1.29, 1.82) is 0 Å². The number of nitrogens with zero attached hydrogens (tertiary/aromatic N) is 3. The van der Waals surface area contributed by atoms with Gasteiger partial charge in [0.2, 0.25) is 5.91 Å². The van der Waals surface area contributed by atoms with Crippen LogP contribution in [0.15, 0.2) is 64.0 Å². The van der Waals surface area contributed by atoms with Crippen molar-refractivity contribution in [2.75, 3.05) is 13.1 Å². The van der Waals surface area contributed by atoms with E-state index < -0.39 is 25.1 Å². The van der Waals surface area contributed by atoms with Crippen LogP contribution in [0, 0.1) is 22.0 Å². The van der Waals surface area contributed by atoms with Crippen molar-refractivity contribution in [1.82, 2.24) is 9.80 Å². The number of amides is 2. The molecule has 2 heterocycles. The summed E-state index contributed by atoms with van der Waals surface area (Å²) in [5, 5.41) is 11.0. The molecule has 0 aromatic heterocycles. The number of fused-ring (bicyclic) bond motifs is 1. The summed E-state index contributed by atoms with van der Waals surface area (Å²) < 4.78 is 12.4. The van der Waals surface area contributed by atoms with E-state index in [1.54, 1.807) is 15.9 Å². The molecule has 0 N–H and O–H groups in total. The van der Waals surface area contributed by atoms with Crippen LogP contribution in [0.5, 0.6) is 0 Å². The summed E-state index contributed by atoms with van der Waals surface area (Å²) in [6.45, 7) is 19.6. The molecule has 2 aliphatic heterocycles. The number of hydrogen-bond acceptors (Lipinski definition) is 8. The van der Waals surface area contributed by atoms with Crippen molar-refractivity contribution < 1.29 is 28.5 Å². The van der Waals surface area contributed by atoms with E-state index in [1.807, 2.05) is 45.9 Å². The highest BCUT2D eigenvalue weighted by atomic mass is 32.2. The van der Waals surface area contributed by atoms with Gasteiger partial charge in [0, 0.05) is 40.9 Å². The number of non-ortho nitro benzene ring substituents is 1. The third-order valence-corrected chi connectivity index (χ3v) is 15.4. The second-order valence-electron chi connectivity index (χ2n) is 13.4. The number of thioether (sulfide) groups is 1. The lowest BCUT2D eigenvalue weighted by molar-refractivity contribution is -0.384. The topological polar surface area (TPSA) is 119 Å². The Morgan fingerprint density at radius 2 is 1.70 bits per heavy atom. The average molecular weight is 668 g/mol. The molecular formula is C34H45N3O7SSi. The first-order valence-corrected chi connectivity index (χ1v) is 19.5. The predicted octanol–water partition coefficient (Wildman–Crippen LogP) is 7.01. The molecule has 0 spiro atoms. The van der Waals surface area contributed by atoms with Gasteiger partial charge in [-0.1, -0.05) is 51.6 Å². The van der Waals surface area contributed by atoms with Gasteiger partial charge in [-0.15, -0.1) is 0 Å². The molecule has 2 aliphatic rings. The van der Waals surface area contributed by atoms with Gasteiger partial charge >= 0.3 is 5.97 Å². The summed E-state index contributed by atoms with van der Waals surface area (Å²) in [6.07, 6.45) is -0.352. The first-order chi connectivity index (χ1) is 21.5. The number of β-lactam (4-membered cyclic amide) rings is 1. The molecule has 0 saturated carbocycles. The molecular weight excluding hydrogens is 623 g/mol. The van der Waals surface area contributed by atoms with Crippen LogP contribution >= 0.6 is 11.8 Å². The number of carbonyl (C=O) groups excluding carboxylic acids is 3. The zero-order chi connectivity index (χ0) is 34.1. The standard InChI is InChI=1S/C34H45N3O7SSi/c1-10-35(11-2)31(38)25-14-12-13-15-26(25)45-30-21(3)28-27(22(4)44-46(8,9)34(5,6)7)32(39)36(28)29(30)33(40)43-20-23-16-18-24(19-17-23)37(41)42/h12-19,21-22,27-28H,10-11,20H2,1-9H3/t21-,22-,27-,28-/m1/s1. The first-order valence-electron chi connectivity index (χ1n) is 15.8. The van der Waals surface area contributed by atoms with Crippen LogP contribution in [-0.4, -0.2) is 66.1 Å². The predicted molar refractivity (Wildman–Crippen MR) is 181 cm³/mol. The van der Waals surface area contributed by atoms with E-state index in [-0.39, 0.29) is 52.9 Å². The Balaban J connectivity index is 1.68. The van der Waals surface area contributed by atoms with Crippen LogP contribution in [0.1, 0.15) is 64.4 Å². The number of benzene rings is 2. The molecule has 2 aromatic carbocycles. The van der Waals surface area contributed by atoms with Crippen LogP contribution < -0.4 is 0 Å². The fraction of sp³-hybridized carbons (Fsp3) is 0.500. The SMILES string of the molecule is CCN(CC)C(=O)c1ccccc1SC1=C(C(=O)OCc2ccc([N+](=O)[O-])cc2)N2C(=O)[C@H]([C@@H](C)O[Si](C)(C)C(C)(C)C)[C@H]2[C@H]1C. The number of hydrogen-bond donors (Lipinski definition) is 0. The molecule has 10 nitrogen and oxygen atoms in total. The number of carbonyl (C=O) groups is 3. The second kappa shape index (κ2) is 13.7. The normalized spacial score (nSPS) is 20.2. The van der Waals surface area contributed by atoms with Crippen LogP contribution in [-0.2, 0) is 25.4 Å². The Labute approximate surface area is 276 Å². The van der Waals surface area contributed by atoms with Crippen LogP contribution in [0.3, 0.4) is 0 Å². The van der Waals surface area contributed by atoms with Crippen molar-refractivity contribution in [2.24, 2.45) is 11.8 Å². The monoisotopic (exact) mass is 667 g/mol. The molecule has 0 aliphatic carbocycles. The minimum absolute atomic E-state index is 0.0394. The molecule has 4 atom stereocenters. The minimum Gasteiger partial charge on any atom is -0.456 e. The highest BCUT2D eigenvalue weighted by molar-refractivity contribution is 8.03. The van der Waals surface area contributed by atoms with Gasteiger partial charge in [-0.05, 0) is 68.7 Å². The molecule has 2 amide bonds. The Hall–Kier alpha value is -3.48. The third kappa shape index (κ3) is 6.79. The Morgan fingerprint density at radius 1 is 1.09 bits per heavy atom. The van der Waals surface area contributed by atoms with Crippen LogP contribution in [0.25, 0.3) is 0 Å². The molecule has 248 valence electrons. The molecule has 12 heteroatoms. The second-order valence-corrected chi connectivity index (χ2v) is 19.2. The van der Waals surface area contributed by atoms with E-state index in [0.717, 1.165) is 0 Å². The maximum Gasteiger partial charge on any atom is 0.356 e. The number of nitro groups is 1. The molecule has 1 saturated heterocycles. The van der Waals surface area contributed by atoms with Crippen LogP contribution in [0.4, 0.5) is 5.69 Å². The Morgan fingerprint density at radius 3 is 2.26 bits per heavy atom. The number of esters is 1. The summed E-state index contributed by atoms with van der Waals surface area (Å²) in [4.78, 5) is 56.4. The molecule has 2 aromatic rings. The maximum atomic E-state index is 13.9. The minimum atomic E-state index is -2.19. The summed E-state index contributed by atoms with van der Waals surface area (Å²) in [5.74, 6) is -1.61. The average Bonchev–Trinajstić information content (AvgIpc) is 3.23. The van der Waals surface area contributed by atoms with E-state index in [2.05, 4.69) is 33.9 Å². The summed E-state index contributed by atoms with van der Waals surface area (Å²) in [7, 11) is -2.19. The van der Waals surface area contributed by atoms with Gasteiger partial charge in [0.05, 0.1) is 28.6 Å². The first kappa shape index (κ1) is 35.4. The van der Waals surface area contributed by atoms with Crippen molar-refractivity contribution in [2.45, 2.75) is 90.2 Å². The molecule has 0 radical (unpaired) electrons. The van der Waals surface area contributed by atoms with Crippen molar-refractivity contribution in [3.63, 3.8) is 0 Å². The van der Waals surface area contributed by atoms with Gasteiger partial charge in [0.15, 0.2) is 8.32 Å². The van der Waals surface area contributed by atoms with Crippen molar-refractivity contribution in [3.8, 4) is 0 Å². The lowest BCUT2D eigenvalue weighted by Crippen LogP contribution is -2.65. The lowest BCUT2D eigenvalue weighted by atomic mass is 9.79. The van der Waals surface area contributed by atoms with E-state index >= 15 is 0 Å². The van der Waals surface area contributed by atoms with Gasteiger partial charge in [-0.2, -0.15) is 0 Å². The van der Waals surface area contributed by atoms with Crippen LogP contribution in [0.2, 0.25) is 18.1 Å². The van der Waals surface area contributed by atoms with Gasteiger partial charge in [-0.3, -0.25) is 19.7 Å². The zero-order valence-corrected chi connectivity index (χ0v) is 30.0. The molecule has 4 rings (SSSR count). The smallest absolute Gasteiger partial charge is 0.356 e. The third-order valence-electron chi connectivity index (χ3n) is 9.48. The number of rotatable bonds is 12. The Kier molecular flexibility index (Phi) is 10.5. The van der Waals surface area contributed by atoms with Crippen molar-refractivity contribution in [3.05, 3.63) is 80.4 Å². The van der Waals surface area contributed by atoms with Gasteiger partial charge < -0.3 is 19.0 Å². The molecule has 1 fully saturated rings. The van der Waals surface area contributed by atoms with E-state index in [9.17, 15) is 24.5 Å². The van der Waals surface area contributed by atoms with Gasteiger partial charge in [0.1, 0.15) is 12.3 Å². The summed E-state index contributed by atoms with van der Waals surface area (Å²) >= 11 is 1.33. The fourth-order valence-corrected chi connectivity index (χ4v) is 8.49. The highest BCUT2D eigenvalue weighted by Crippen LogP contribution is 2.53. The molecule has 0 unspecified atom stereocenters. The zero-order valence-electron chi connectivity index (χ0n) is 28.2. The fourth-order valence-electron chi connectivity index (χ4n) is 5.81. The van der Waals surface area contributed by atoms with E-state index in [4.69, 9.17) is 9.16 Å². The molecule has 0 bridgehead atoms. The van der Waals surface area contributed by atoms with E-state index in [0.29, 0.717) is 34.0 Å². The maximum absolute atomic E-state index is 13.9. The lowest BCUT2D eigenvalue weighted by Gasteiger charge is -2.50. The number of ether oxygens (including phenoxy) is 1. The summed E-state index contributed by atoms with van der Waals surface area (Å²) in [6, 6.07) is 12.8.